The van der Waals surface area contributed by atoms with E-state index < -0.39 is 22.4 Å². The molecule has 0 aromatic rings. The van der Waals surface area contributed by atoms with Gasteiger partial charge in [0.15, 0.2) is 10.2 Å². The normalized spacial score (nSPS) is 13.5. The van der Waals surface area contributed by atoms with Crippen LogP contribution < -0.4 is 5.32 Å². The van der Waals surface area contributed by atoms with Crippen LogP contribution in [0.5, 0.6) is 0 Å². The van der Waals surface area contributed by atoms with Crippen molar-refractivity contribution in [3.63, 3.8) is 0 Å². The minimum atomic E-state index is -1.05. The van der Waals surface area contributed by atoms with E-state index in [0.29, 0.717) is 27.8 Å². The number of hydrogen-bond acceptors (Lipinski definition) is 18. The van der Waals surface area contributed by atoms with Crippen LogP contribution in [0.15, 0.2) is 9.98 Å². The summed E-state index contributed by atoms with van der Waals surface area (Å²) >= 11 is 20.3. The Balaban J connectivity index is 3.30. The van der Waals surface area contributed by atoms with E-state index in [1.165, 1.54) is 46.4 Å². The van der Waals surface area contributed by atoms with Gasteiger partial charge in [-0.2, -0.15) is 12.6 Å². The average Bonchev–Trinajstić information content (AvgIpc) is 2.91. The SMILES string of the molecule is O=C(NCSCSCSCSC/N=C/[S+]([O-])CSCSCO)SCSCSCSCSC[S+]([O-])/C=N/CS. The van der Waals surface area contributed by atoms with Crippen LogP contribution in [0.4, 0.5) is 4.79 Å². The maximum atomic E-state index is 11.9. The Hall–Kier alpha value is 3.59. The zero-order valence-corrected chi connectivity index (χ0v) is 31.9. The van der Waals surface area contributed by atoms with Crippen molar-refractivity contribution in [2.75, 3.05) is 74.4 Å². The van der Waals surface area contributed by atoms with Gasteiger partial charge in [0.25, 0.3) is 5.24 Å². The first kappa shape index (κ1) is 41.6. The first-order valence-electron chi connectivity index (χ1n) is 10.2. The van der Waals surface area contributed by atoms with Crippen molar-refractivity contribution in [1.29, 1.82) is 0 Å². The molecule has 0 spiro atoms. The monoisotopic (exact) mass is 791 g/mol. The zero-order chi connectivity index (χ0) is 27.9. The minimum Gasteiger partial charge on any atom is -0.610 e. The number of aliphatic hydroxyl groups is 1. The summed E-state index contributed by atoms with van der Waals surface area (Å²) in [7, 11) is 0. The van der Waals surface area contributed by atoms with E-state index in [2.05, 4.69) is 27.9 Å². The lowest BCUT2D eigenvalue weighted by Gasteiger charge is -2.06. The predicted octanol–water partition coefficient (Wildman–Crippen LogP) is 6.64. The van der Waals surface area contributed by atoms with Crippen LogP contribution in [0.3, 0.4) is 0 Å². The Morgan fingerprint density at radius 1 is 0.737 bits per heavy atom. The molecule has 0 aliphatic carbocycles. The van der Waals surface area contributed by atoms with Crippen LogP contribution in [0.2, 0.25) is 0 Å². The van der Waals surface area contributed by atoms with Gasteiger partial charge in [-0.25, -0.2) is 9.98 Å². The summed E-state index contributed by atoms with van der Waals surface area (Å²) in [5.74, 6) is 1.71. The molecule has 0 bridgehead atoms. The first-order valence-corrected chi connectivity index (χ1v) is 26.2. The van der Waals surface area contributed by atoms with Crippen molar-refractivity contribution < 1.29 is 19.0 Å². The highest BCUT2D eigenvalue weighted by atomic mass is 32.3. The summed E-state index contributed by atoms with van der Waals surface area (Å²) in [5.41, 5.74) is 2.98. The van der Waals surface area contributed by atoms with E-state index >= 15 is 0 Å². The van der Waals surface area contributed by atoms with Crippen molar-refractivity contribution in [1.82, 2.24) is 5.32 Å². The molecular formula is C17H33N3O4S14. The number of carbonyl (C=O) groups excluding carboxylic acids is 1. The number of hydrogen-bond donors (Lipinski definition) is 3. The van der Waals surface area contributed by atoms with Crippen LogP contribution in [-0.4, -0.2) is 105 Å². The van der Waals surface area contributed by atoms with Gasteiger partial charge in [-0.15, -0.1) is 94.1 Å². The fraction of sp³-hybridized carbons (Fsp3) is 0.824. The van der Waals surface area contributed by atoms with Crippen molar-refractivity contribution >= 4 is 181 Å². The molecule has 0 saturated carbocycles. The van der Waals surface area contributed by atoms with E-state index in [-0.39, 0.29) is 11.2 Å². The molecule has 0 aromatic carbocycles. The van der Waals surface area contributed by atoms with Gasteiger partial charge in [0, 0.05) is 63.0 Å². The standard InChI is InChI=1S/C17H33N3O4S14/c21-6-28-9-34-15-38(24)5-19-2-26-7-29-10-30-8-27-3-20-17(22)36-14-33-12-31-11-32-13-35-16-37(23)4-18-1-25/h4-5,21,25H,1-3,6-16H2,(H,20,22)/b18-4+,19-5+. The van der Waals surface area contributed by atoms with Crippen LogP contribution in [0.1, 0.15) is 0 Å². The summed E-state index contributed by atoms with van der Waals surface area (Å²) in [4.78, 5) is 19.9. The highest BCUT2D eigenvalue weighted by Crippen LogP contribution is 2.24. The fourth-order valence-corrected chi connectivity index (χ4v) is 16.0. The molecule has 21 heteroatoms. The number of aliphatic imine (C=N–C) groups is 2. The zero-order valence-electron chi connectivity index (χ0n) is 20.4. The van der Waals surface area contributed by atoms with Crippen LogP contribution in [0, 0.1) is 0 Å². The molecule has 7 nitrogen and oxygen atoms in total. The quantitative estimate of drug-likeness (QED) is 0.0196. The topological polar surface area (TPSA) is 120 Å². The van der Waals surface area contributed by atoms with Crippen molar-refractivity contribution in [3.05, 3.63) is 0 Å². The third-order valence-electron chi connectivity index (χ3n) is 2.88. The second kappa shape index (κ2) is 35.1. The number of amides is 1. The Kier molecular flexibility index (Phi) is 38.4. The fourth-order valence-electron chi connectivity index (χ4n) is 1.53. The number of nitrogens with one attached hydrogen (secondary N) is 1. The second-order valence-electron chi connectivity index (χ2n) is 5.71. The minimum absolute atomic E-state index is 0.0233. The van der Waals surface area contributed by atoms with Crippen molar-refractivity contribution in [2.24, 2.45) is 9.98 Å². The van der Waals surface area contributed by atoms with Crippen LogP contribution in [0.25, 0.3) is 0 Å². The van der Waals surface area contributed by atoms with E-state index in [0.717, 1.165) is 40.7 Å². The maximum Gasteiger partial charge on any atom is 0.280 e. The molecule has 0 rings (SSSR count). The number of rotatable bonds is 28. The van der Waals surface area contributed by atoms with Gasteiger partial charge >= 0.3 is 0 Å². The highest BCUT2D eigenvalue weighted by Gasteiger charge is 2.04. The lowest BCUT2D eigenvalue weighted by atomic mass is 11.2. The van der Waals surface area contributed by atoms with Gasteiger partial charge in [0.05, 0.1) is 23.6 Å². The number of thiol groups is 1. The third kappa shape index (κ3) is 34.1. The predicted molar refractivity (Wildman–Crippen MR) is 205 cm³/mol. The average molecular weight is 792 g/mol. The van der Waals surface area contributed by atoms with E-state index in [1.807, 2.05) is 47.0 Å². The summed E-state index contributed by atoms with van der Waals surface area (Å²) in [5, 5.41) is 19.9. The molecule has 2 atom stereocenters. The summed E-state index contributed by atoms with van der Waals surface area (Å²) < 4.78 is 23.2. The molecular weight excluding hydrogens is 759 g/mol. The van der Waals surface area contributed by atoms with E-state index in [4.69, 9.17) is 5.11 Å². The molecule has 0 saturated heterocycles. The summed E-state index contributed by atoms with van der Waals surface area (Å²) in [6.07, 6.45) is 0. The van der Waals surface area contributed by atoms with Crippen LogP contribution in [-0.2, 0) is 22.4 Å². The molecule has 2 unspecified atom stereocenters. The number of carbonyl (C=O) groups is 1. The highest BCUT2D eigenvalue weighted by molar-refractivity contribution is 8.31. The Morgan fingerprint density at radius 3 is 1.84 bits per heavy atom. The molecule has 0 fully saturated rings. The molecule has 38 heavy (non-hydrogen) atoms. The molecule has 0 aliphatic rings. The van der Waals surface area contributed by atoms with Gasteiger partial charge in [-0.1, -0.05) is 35.3 Å². The smallest absolute Gasteiger partial charge is 0.280 e. The Morgan fingerprint density at radius 2 is 1.24 bits per heavy atom. The number of aliphatic hydroxyl groups excluding tert-OH is 1. The van der Waals surface area contributed by atoms with Gasteiger partial charge < -0.3 is 19.5 Å². The summed E-state index contributed by atoms with van der Waals surface area (Å²) in [6, 6.07) is 0. The molecule has 0 heterocycles. The van der Waals surface area contributed by atoms with Gasteiger partial charge in [-0.3, -0.25) is 4.79 Å². The van der Waals surface area contributed by atoms with Gasteiger partial charge in [0.1, 0.15) is 0 Å². The Bertz CT molecular complexity index is 588. The van der Waals surface area contributed by atoms with Crippen molar-refractivity contribution in [2.45, 2.75) is 0 Å². The number of thioether (sulfide) groups is 11. The molecule has 1 amide bonds. The van der Waals surface area contributed by atoms with Crippen LogP contribution >= 0.6 is 142 Å². The van der Waals surface area contributed by atoms with Crippen molar-refractivity contribution in [3.8, 4) is 0 Å². The molecule has 224 valence electrons. The molecule has 2 N–H and O–H groups in total. The second-order valence-corrected chi connectivity index (χ2v) is 22.9. The first-order chi connectivity index (χ1) is 18.6. The third-order valence-corrected chi connectivity index (χ3v) is 18.7. The molecule has 0 aromatic heterocycles. The van der Waals surface area contributed by atoms with E-state index in [9.17, 15) is 13.9 Å². The van der Waals surface area contributed by atoms with E-state index in [1.54, 1.807) is 47.0 Å². The lowest BCUT2D eigenvalue weighted by Crippen LogP contribution is -2.17. The summed E-state index contributed by atoms with van der Waals surface area (Å²) in [6.45, 7) is 0. The molecule has 0 aliphatic heterocycles. The number of nitrogens with zero attached hydrogens (tertiary/aromatic N) is 2. The van der Waals surface area contributed by atoms with Gasteiger partial charge in [0.2, 0.25) is 11.1 Å². The van der Waals surface area contributed by atoms with Gasteiger partial charge in [-0.05, 0) is 0 Å². The largest absolute Gasteiger partial charge is 0.610 e. The lowest BCUT2D eigenvalue weighted by molar-refractivity contribution is 0.262. The maximum absolute atomic E-state index is 11.9. The Labute approximate surface area is 286 Å². The molecule has 0 radical (unpaired) electrons.